The Balaban J connectivity index is 1.49. The quantitative estimate of drug-likeness (QED) is 0.367. The Labute approximate surface area is 279 Å². The number of esters is 1. The fourth-order valence-electron chi connectivity index (χ4n) is 7.48. The third-order valence-electron chi connectivity index (χ3n) is 9.75. The van der Waals surface area contributed by atoms with Crippen LogP contribution in [-0.4, -0.2) is 76.7 Å². The molecule has 2 aromatic rings. The highest BCUT2D eigenvalue weighted by Crippen LogP contribution is 2.56. The largest absolute Gasteiger partial charge is 0.455 e. The number of para-hydroxylation sites is 1. The van der Waals surface area contributed by atoms with E-state index in [0.29, 0.717) is 22.7 Å². The Hall–Kier alpha value is -3.99. The van der Waals surface area contributed by atoms with Gasteiger partial charge in [0.2, 0.25) is 11.8 Å². The van der Waals surface area contributed by atoms with Crippen LogP contribution in [-0.2, 0) is 28.7 Å². The van der Waals surface area contributed by atoms with Crippen molar-refractivity contribution in [3.05, 3.63) is 89.5 Å². The SMILES string of the molecule is CC(C)[C@H](CO)N1C(=O)[C@H]2[C@@H]3C(=O)O[C@H](c4ccccc4)[C@@H](C)NC(=O)CC/C=C\CN(c4ccccc4Cl)C(=O)[C@H]1[C@@]21C=C[C@@H]3O1. The second kappa shape index (κ2) is 13.3. The molecule has 2 aromatic carbocycles. The number of nitrogens with one attached hydrogen (secondary N) is 1. The molecule has 4 aliphatic heterocycles. The van der Waals surface area contributed by atoms with Crippen molar-refractivity contribution in [1.82, 2.24) is 10.2 Å². The molecule has 6 rings (SSSR count). The second-order valence-electron chi connectivity index (χ2n) is 13.0. The van der Waals surface area contributed by atoms with Crippen LogP contribution in [0.3, 0.4) is 0 Å². The smallest absolute Gasteiger partial charge is 0.313 e. The van der Waals surface area contributed by atoms with Gasteiger partial charge in [-0.05, 0) is 37.0 Å². The Bertz CT molecular complexity index is 1600. The van der Waals surface area contributed by atoms with Crippen molar-refractivity contribution in [2.45, 2.75) is 69.5 Å². The van der Waals surface area contributed by atoms with E-state index in [1.165, 1.54) is 9.80 Å². The summed E-state index contributed by atoms with van der Waals surface area (Å²) in [6.07, 6.45) is 5.99. The number of ether oxygens (including phenoxy) is 2. The number of amides is 3. The van der Waals surface area contributed by atoms with Gasteiger partial charge in [-0.2, -0.15) is 0 Å². The van der Waals surface area contributed by atoms with Gasteiger partial charge in [0.05, 0.1) is 41.4 Å². The first-order valence-corrected chi connectivity index (χ1v) is 16.5. The molecule has 47 heavy (non-hydrogen) atoms. The number of aliphatic hydroxyl groups is 1. The van der Waals surface area contributed by atoms with Crippen molar-refractivity contribution in [3.63, 3.8) is 0 Å². The maximum Gasteiger partial charge on any atom is 0.313 e. The molecule has 2 fully saturated rings. The van der Waals surface area contributed by atoms with Crippen molar-refractivity contribution >= 4 is 41.0 Å². The lowest BCUT2D eigenvalue weighted by Crippen LogP contribution is -2.59. The van der Waals surface area contributed by atoms with E-state index in [1.54, 1.807) is 49.4 Å². The predicted octanol–water partition coefficient (Wildman–Crippen LogP) is 3.98. The molecule has 1 spiro atoms. The minimum absolute atomic E-state index is 0.0973. The number of fused-ring (bicyclic) bond motifs is 2. The number of benzene rings is 2. The summed E-state index contributed by atoms with van der Waals surface area (Å²) in [5.74, 6) is -4.17. The highest BCUT2D eigenvalue weighted by atomic mass is 35.5. The Morgan fingerprint density at radius 3 is 2.45 bits per heavy atom. The van der Waals surface area contributed by atoms with Gasteiger partial charge in [-0.15, -0.1) is 0 Å². The molecule has 4 aliphatic rings. The number of cyclic esters (lactones) is 1. The average Bonchev–Trinajstić information content (AvgIpc) is 3.69. The number of nitrogens with zero attached hydrogens (tertiary/aromatic N) is 2. The number of hydrogen-bond donors (Lipinski definition) is 2. The summed E-state index contributed by atoms with van der Waals surface area (Å²) in [5.41, 5.74) is -0.364. The molecule has 0 aliphatic carbocycles. The maximum absolute atomic E-state index is 15.0. The van der Waals surface area contributed by atoms with Crippen LogP contribution >= 0.6 is 11.6 Å². The topological polar surface area (TPSA) is 125 Å². The number of carbonyl (C=O) groups excluding carboxylic acids is 4. The lowest BCUT2D eigenvalue weighted by Gasteiger charge is -2.40. The van der Waals surface area contributed by atoms with Crippen LogP contribution in [0.15, 0.2) is 78.9 Å². The second-order valence-corrected chi connectivity index (χ2v) is 13.4. The molecule has 2 saturated heterocycles. The first kappa shape index (κ1) is 32.9. The van der Waals surface area contributed by atoms with E-state index in [1.807, 2.05) is 50.3 Å². The van der Waals surface area contributed by atoms with E-state index in [2.05, 4.69) is 5.32 Å². The lowest BCUT2D eigenvalue weighted by atomic mass is 9.74. The van der Waals surface area contributed by atoms with Crippen molar-refractivity contribution < 1.29 is 33.8 Å². The monoisotopic (exact) mass is 661 g/mol. The zero-order chi connectivity index (χ0) is 33.5. The van der Waals surface area contributed by atoms with E-state index in [4.69, 9.17) is 21.1 Å². The van der Waals surface area contributed by atoms with E-state index < -0.39 is 72.2 Å². The molecule has 0 radical (unpaired) electrons. The number of halogens is 1. The fraction of sp³-hybridized carbons (Fsp3) is 0.444. The molecule has 10 nitrogen and oxygen atoms in total. The van der Waals surface area contributed by atoms with Gasteiger partial charge in [-0.25, -0.2) is 0 Å². The molecule has 4 heterocycles. The minimum Gasteiger partial charge on any atom is -0.455 e. The normalized spacial score (nSPS) is 32.4. The number of rotatable bonds is 5. The van der Waals surface area contributed by atoms with E-state index in [0.717, 1.165) is 0 Å². The number of allylic oxidation sites excluding steroid dienone is 1. The first-order valence-electron chi connectivity index (χ1n) is 16.1. The number of hydrogen-bond acceptors (Lipinski definition) is 7. The summed E-state index contributed by atoms with van der Waals surface area (Å²) in [4.78, 5) is 59.7. The third kappa shape index (κ3) is 5.76. The number of likely N-dealkylation sites (tertiary alicyclic amines) is 1. The molecule has 0 aromatic heterocycles. The van der Waals surface area contributed by atoms with Crippen LogP contribution < -0.4 is 10.2 Å². The zero-order valence-corrected chi connectivity index (χ0v) is 27.4. The lowest BCUT2D eigenvalue weighted by molar-refractivity contribution is -0.161. The van der Waals surface area contributed by atoms with Crippen LogP contribution in [0, 0.1) is 17.8 Å². The van der Waals surface area contributed by atoms with Gasteiger partial charge in [0.15, 0.2) is 0 Å². The molecule has 0 saturated carbocycles. The number of anilines is 1. The van der Waals surface area contributed by atoms with Crippen LogP contribution in [0.1, 0.15) is 45.3 Å². The van der Waals surface area contributed by atoms with Crippen LogP contribution in [0.5, 0.6) is 0 Å². The van der Waals surface area contributed by atoms with Crippen molar-refractivity contribution in [3.8, 4) is 0 Å². The molecule has 5 bridgehead atoms. The van der Waals surface area contributed by atoms with Gasteiger partial charge < -0.3 is 29.7 Å². The van der Waals surface area contributed by atoms with Crippen molar-refractivity contribution in [2.24, 2.45) is 17.8 Å². The summed E-state index contributed by atoms with van der Waals surface area (Å²) < 4.78 is 12.7. The first-order chi connectivity index (χ1) is 22.6. The van der Waals surface area contributed by atoms with E-state index in [9.17, 15) is 24.3 Å². The molecule has 8 atom stereocenters. The Kier molecular flexibility index (Phi) is 9.29. The molecule has 0 unspecified atom stereocenters. The molecule has 248 valence electrons. The van der Waals surface area contributed by atoms with Crippen LogP contribution in [0.25, 0.3) is 0 Å². The van der Waals surface area contributed by atoms with Gasteiger partial charge >= 0.3 is 5.97 Å². The highest BCUT2D eigenvalue weighted by Gasteiger charge is 2.74. The van der Waals surface area contributed by atoms with Gasteiger partial charge in [0.25, 0.3) is 5.91 Å². The van der Waals surface area contributed by atoms with E-state index >= 15 is 0 Å². The standard InChI is InChI=1S/C36H40ClN3O7/c1-21(2)26(20-41)40-32-34(44)39(25-15-10-9-14-24(25)37)19-11-5-8-16-28(42)38-22(3)31(23-12-6-4-7-13-23)46-35(45)29-27-17-18-36(32,47-27)30(29)33(40)43/h4-7,9-15,17-18,21-22,26-27,29-32,41H,8,16,19-20H2,1-3H3,(H,38,42)/b11-5-/t22-,26+,27+,29-,30-,31+,32+,36-/m1/s1. The van der Waals surface area contributed by atoms with Crippen LogP contribution in [0.2, 0.25) is 5.02 Å². The Morgan fingerprint density at radius 1 is 1.02 bits per heavy atom. The summed E-state index contributed by atoms with van der Waals surface area (Å²) in [5, 5.41) is 13.9. The number of aliphatic hydroxyl groups excluding tert-OH is 1. The maximum atomic E-state index is 15.0. The van der Waals surface area contributed by atoms with E-state index in [-0.39, 0.29) is 24.8 Å². The van der Waals surface area contributed by atoms with Gasteiger partial charge in [0.1, 0.15) is 23.7 Å². The summed E-state index contributed by atoms with van der Waals surface area (Å²) >= 11 is 6.63. The molecule has 11 heteroatoms. The summed E-state index contributed by atoms with van der Waals surface area (Å²) in [6, 6.07) is 13.5. The van der Waals surface area contributed by atoms with Crippen molar-refractivity contribution in [1.29, 1.82) is 0 Å². The molecule has 3 amide bonds. The zero-order valence-electron chi connectivity index (χ0n) is 26.6. The number of carbonyl (C=O) groups is 4. The van der Waals surface area contributed by atoms with Gasteiger partial charge in [-0.1, -0.05) is 92.2 Å². The molecular weight excluding hydrogens is 622 g/mol. The van der Waals surface area contributed by atoms with Crippen LogP contribution in [0.4, 0.5) is 5.69 Å². The fourth-order valence-corrected chi connectivity index (χ4v) is 7.72. The van der Waals surface area contributed by atoms with Gasteiger partial charge in [-0.3, -0.25) is 19.2 Å². The highest BCUT2D eigenvalue weighted by molar-refractivity contribution is 6.34. The van der Waals surface area contributed by atoms with Gasteiger partial charge in [0, 0.05) is 13.0 Å². The summed E-state index contributed by atoms with van der Waals surface area (Å²) in [6.45, 7) is 5.22. The molecular formula is C36H40ClN3O7. The third-order valence-corrected chi connectivity index (χ3v) is 10.1. The minimum atomic E-state index is -1.48. The summed E-state index contributed by atoms with van der Waals surface area (Å²) in [7, 11) is 0. The molecule has 2 N–H and O–H groups in total. The Morgan fingerprint density at radius 2 is 1.74 bits per heavy atom. The average molecular weight is 662 g/mol. The van der Waals surface area contributed by atoms with Crippen molar-refractivity contribution in [2.75, 3.05) is 18.1 Å². The predicted molar refractivity (Wildman–Crippen MR) is 175 cm³/mol.